The third kappa shape index (κ3) is 3.05. The number of anilines is 3. The van der Waals surface area contributed by atoms with Crippen LogP contribution in [-0.4, -0.2) is 9.97 Å². The number of aromatic nitrogens is 2. The summed E-state index contributed by atoms with van der Waals surface area (Å²) < 4.78 is 0. The fourth-order valence-corrected chi connectivity index (χ4v) is 2.23. The molecule has 4 N–H and O–H groups in total. The van der Waals surface area contributed by atoms with Gasteiger partial charge in [-0.2, -0.15) is 0 Å². The van der Waals surface area contributed by atoms with Gasteiger partial charge in [0.1, 0.15) is 0 Å². The first kappa shape index (κ1) is 13.2. The van der Waals surface area contributed by atoms with Gasteiger partial charge < -0.3 is 16.0 Å². The second kappa shape index (κ2) is 5.71. The highest BCUT2D eigenvalue weighted by Crippen LogP contribution is 2.23. The van der Waals surface area contributed by atoms with Gasteiger partial charge >= 0.3 is 0 Å². The van der Waals surface area contributed by atoms with E-state index in [2.05, 4.69) is 28.3 Å². The molecule has 0 fully saturated rings. The van der Waals surface area contributed by atoms with Crippen molar-refractivity contribution >= 4 is 17.1 Å². The number of hydrogen-bond donors (Lipinski definition) is 3. The Kier molecular flexibility index (Phi) is 3.60. The zero-order valence-corrected chi connectivity index (χ0v) is 11.9. The molecule has 0 aliphatic heterocycles. The fraction of sp³-hybridized carbons (Fsp3) is 0.118. The average Bonchev–Trinajstić information content (AvgIpc) is 2.96. The van der Waals surface area contributed by atoms with Gasteiger partial charge in [-0.25, -0.2) is 0 Å². The second-order valence-electron chi connectivity index (χ2n) is 4.96. The largest absolute Gasteiger partial charge is 0.399 e. The molecule has 106 valence electrons. The SMILES string of the molecule is CCc1c[nH]c(-c2cc(Nc3cccc(N)c3)ccn2)c1. The maximum atomic E-state index is 5.79. The summed E-state index contributed by atoms with van der Waals surface area (Å²) in [6.07, 6.45) is 4.84. The number of hydrogen-bond acceptors (Lipinski definition) is 3. The van der Waals surface area contributed by atoms with Crippen molar-refractivity contribution in [3.05, 3.63) is 60.4 Å². The summed E-state index contributed by atoms with van der Waals surface area (Å²) in [7, 11) is 0. The van der Waals surface area contributed by atoms with Crippen molar-refractivity contribution in [2.75, 3.05) is 11.1 Å². The van der Waals surface area contributed by atoms with Crippen LogP contribution in [0.15, 0.2) is 54.9 Å². The number of rotatable bonds is 4. The predicted octanol–water partition coefficient (Wildman–Crippen LogP) is 3.96. The lowest BCUT2D eigenvalue weighted by Crippen LogP contribution is -1.93. The molecule has 0 spiro atoms. The van der Waals surface area contributed by atoms with Crippen LogP contribution in [0.2, 0.25) is 0 Å². The molecule has 4 nitrogen and oxygen atoms in total. The maximum Gasteiger partial charge on any atom is 0.0885 e. The van der Waals surface area contributed by atoms with E-state index in [1.165, 1.54) is 5.56 Å². The van der Waals surface area contributed by atoms with Crippen molar-refractivity contribution in [3.8, 4) is 11.4 Å². The first-order valence-corrected chi connectivity index (χ1v) is 7.01. The molecule has 3 aromatic rings. The lowest BCUT2D eigenvalue weighted by molar-refractivity contribution is 1.14. The van der Waals surface area contributed by atoms with Crippen molar-refractivity contribution < 1.29 is 0 Å². The van der Waals surface area contributed by atoms with Crippen molar-refractivity contribution in [1.82, 2.24) is 9.97 Å². The molecule has 0 atom stereocenters. The van der Waals surface area contributed by atoms with E-state index in [9.17, 15) is 0 Å². The summed E-state index contributed by atoms with van der Waals surface area (Å²) in [6, 6.07) is 13.8. The molecule has 0 saturated carbocycles. The smallest absolute Gasteiger partial charge is 0.0885 e. The molecule has 0 aliphatic rings. The normalized spacial score (nSPS) is 10.5. The van der Waals surface area contributed by atoms with E-state index < -0.39 is 0 Å². The first-order valence-electron chi connectivity index (χ1n) is 7.01. The summed E-state index contributed by atoms with van der Waals surface area (Å²) >= 11 is 0. The number of nitrogens with two attached hydrogens (primary N) is 1. The van der Waals surface area contributed by atoms with Gasteiger partial charge in [0, 0.05) is 29.5 Å². The Labute approximate surface area is 124 Å². The van der Waals surface area contributed by atoms with Gasteiger partial charge in [0.15, 0.2) is 0 Å². The molecule has 0 saturated heterocycles. The number of benzene rings is 1. The Morgan fingerprint density at radius 2 is 2.00 bits per heavy atom. The number of aryl methyl sites for hydroxylation is 1. The van der Waals surface area contributed by atoms with Crippen LogP contribution in [0.3, 0.4) is 0 Å². The molecule has 0 unspecified atom stereocenters. The fourth-order valence-electron chi connectivity index (χ4n) is 2.23. The van der Waals surface area contributed by atoms with Crippen molar-refractivity contribution in [3.63, 3.8) is 0 Å². The molecular formula is C17H18N4. The minimum Gasteiger partial charge on any atom is -0.399 e. The second-order valence-corrected chi connectivity index (χ2v) is 4.96. The number of nitrogen functional groups attached to an aromatic ring is 1. The summed E-state index contributed by atoms with van der Waals surface area (Å²) in [6.45, 7) is 2.14. The van der Waals surface area contributed by atoms with E-state index in [-0.39, 0.29) is 0 Å². The van der Waals surface area contributed by atoms with E-state index in [0.717, 1.165) is 34.9 Å². The number of nitrogens with zero attached hydrogens (tertiary/aromatic N) is 1. The van der Waals surface area contributed by atoms with Gasteiger partial charge in [0.25, 0.3) is 0 Å². The van der Waals surface area contributed by atoms with Gasteiger partial charge in [-0.05, 0) is 48.4 Å². The lowest BCUT2D eigenvalue weighted by Gasteiger charge is -2.08. The van der Waals surface area contributed by atoms with Crippen LogP contribution in [0.25, 0.3) is 11.4 Å². The van der Waals surface area contributed by atoms with Crippen LogP contribution < -0.4 is 11.1 Å². The number of aromatic amines is 1. The van der Waals surface area contributed by atoms with Gasteiger partial charge in [-0.3, -0.25) is 4.98 Å². The Morgan fingerprint density at radius 1 is 1.14 bits per heavy atom. The summed E-state index contributed by atoms with van der Waals surface area (Å²) in [4.78, 5) is 7.68. The molecule has 0 amide bonds. The van der Waals surface area contributed by atoms with Crippen LogP contribution in [0.4, 0.5) is 17.1 Å². The molecule has 2 heterocycles. The van der Waals surface area contributed by atoms with Crippen LogP contribution in [0, 0.1) is 0 Å². The van der Waals surface area contributed by atoms with Crippen LogP contribution in [0.5, 0.6) is 0 Å². The van der Waals surface area contributed by atoms with Crippen LogP contribution in [-0.2, 0) is 6.42 Å². The monoisotopic (exact) mass is 278 g/mol. The Bertz CT molecular complexity index is 746. The quantitative estimate of drug-likeness (QED) is 0.633. The molecule has 0 bridgehead atoms. The van der Waals surface area contributed by atoms with Crippen molar-refractivity contribution in [1.29, 1.82) is 0 Å². The Balaban J connectivity index is 1.86. The third-order valence-electron chi connectivity index (χ3n) is 3.36. The summed E-state index contributed by atoms with van der Waals surface area (Å²) in [5.74, 6) is 0. The standard InChI is InChI=1S/C17H18N4/c1-2-12-8-16(20-11-12)17-10-15(6-7-19-17)21-14-5-3-4-13(18)9-14/h3-11,20H,2,18H2,1H3,(H,19,21). The van der Waals surface area contributed by atoms with Gasteiger partial charge in [-0.15, -0.1) is 0 Å². The van der Waals surface area contributed by atoms with Crippen LogP contribution in [0.1, 0.15) is 12.5 Å². The molecule has 3 rings (SSSR count). The highest BCUT2D eigenvalue weighted by molar-refractivity contribution is 5.67. The molecule has 4 heteroatoms. The zero-order valence-electron chi connectivity index (χ0n) is 11.9. The Hall–Kier alpha value is -2.75. The average molecular weight is 278 g/mol. The van der Waals surface area contributed by atoms with Gasteiger partial charge in [-0.1, -0.05) is 13.0 Å². The number of H-pyrrole nitrogens is 1. The summed E-state index contributed by atoms with van der Waals surface area (Å²) in [5.41, 5.74) is 11.7. The minimum atomic E-state index is 0.742. The third-order valence-corrected chi connectivity index (χ3v) is 3.36. The molecule has 2 aromatic heterocycles. The van der Waals surface area contributed by atoms with E-state index in [4.69, 9.17) is 5.73 Å². The van der Waals surface area contributed by atoms with E-state index >= 15 is 0 Å². The van der Waals surface area contributed by atoms with Crippen LogP contribution >= 0.6 is 0 Å². The number of nitrogens with one attached hydrogen (secondary N) is 2. The maximum absolute atomic E-state index is 5.79. The summed E-state index contributed by atoms with van der Waals surface area (Å²) in [5, 5.41) is 3.34. The highest BCUT2D eigenvalue weighted by Gasteiger charge is 2.04. The van der Waals surface area contributed by atoms with E-state index in [1.807, 2.05) is 42.6 Å². The topological polar surface area (TPSA) is 66.7 Å². The predicted molar refractivity (Wildman–Crippen MR) is 87.5 cm³/mol. The first-order chi connectivity index (χ1) is 10.2. The van der Waals surface area contributed by atoms with Gasteiger partial charge in [0.2, 0.25) is 0 Å². The van der Waals surface area contributed by atoms with Crippen molar-refractivity contribution in [2.45, 2.75) is 13.3 Å². The minimum absolute atomic E-state index is 0.742. The molecule has 0 aliphatic carbocycles. The van der Waals surface area contributed by atoms with E-state index in [0.29, 0.717) is 0 Å². The molecule has 1 aromatic carbocycles. The van der Waals surface area contributed by atoms with Gasteiger partial charge in [0.05, 0.1) is 11.4 Å². The van der Waals surface area contributed by atoms with E-state index in [1.54, 1.807) is 6.20 Å². The number of pyridine rings is 1. The molecule has 0 radical (unpaired) electrons. The zero-order chi connectivity index (χ0) is 14.7. The highest BCUT2D eigenvalue weighted by atomic mass is 14.9. The Morgan fingerprint density at radius 3 is 2.76 bits per heavy atom. The van der Waals surface area contributed by atoms with Crippen molar-refractivity contribution in [2.24, 2.45) is 0 Å². The lowest BCUT2D eigenvalue weighted by atomic mass is 10.2. The molecular weight excluding hydrogens is 260 g/mol. The molecule has 21 heavy (non-hydrogen) atoms.